The number of aryl methyl sites for hydroxylation is 1. The van der Waals surface area contributed by atoms with E-state index in [4.69, 9.17) is 4.74 Å². The van der Waals surface area contributed by atoms with Gasteiger partial charge in [-0.15, -0.1) is 0 Å². The van der Waals surface area contributed by atoms with Crippen LogP contribution in [0.25, 0.3) is 0 Å². The second-order valence-electron chi connectivity index (χ2n) is 5.42. The summed E-state index contributed by atoms with van der Waals surface area (Å²) in [4.78, 5) is 8.87. The van der Waals surface area contributed by atoms with Gasteiger partial charge in [0.15, 0.2) is 5.96 Å². The van der Waals surface area contributed by atoms with E-state index in [9.17, 15) is 0 Å². The Balaban J connectivity index is 1.73. The summed E-state index contributed by atoms with van der Waals surface area (Å²) in [5.41, 5.74) is 2.25. The van der Waals surface area contributed by atoms with Crippen molar-refractivity contribution in [1.29, 1.82) is 0 Å². The number of rotatable bonds is 8. The molecule has 0 atom stereocenters. The van der Waals surface area contributed by atoms with Gasteiger partial charge in [0.1, 0.15) is 12.4 Å². The maximum atomic E-state index is 5.73. The lowest BCUT2D eigenvalue weighted by Crippen LogP contribution is -2.39. The van der Waals surface area contributed by atoms with E-state index in [0.717, 1.165) is 30.4 Å². The molecule has 0 aliphatic carbocycles. The smallest absolute Gasteiger partial charge is 0.191 e. The minimum atomic E-state index is 0.591. The number of pyridine rings is 1. The molecule has 0 aliphatic rings. The molecule has 2 rings (SSSR count). The molecule has 0 amide bonds. The van der Waals surface area contributed by atoms with E-state index in [-0.39, 0.29) is 0 Å². The molecule has 128 valence electrons. The fraction of sp³-hybridized carbons (Fsp3) is 0.368. The molecule has 24 heavy (non-hydrogen) atoms. The van der Waals surface area contributed by atoms with Crippen molar-refractivity contribution in [2.24, 2.45) is 4.99 Å². The quantitative estimate of drug-likeness (QED) is 0.445. The van der Waals surface area contributed by atoms with Crippen LogP contribution in [0.15, 0.2) is 53.7 Å². The fourth-order valence-corrected chi connectivity index (χ4v) is 2.21. The predicted octanol–water partition coefficient (Wildman–Crippen LogP) is 2.57. The summed E-state index contributed by atoms with van der Waals surface area (Å²) in [5, 5.41) is 6.52. The highest BCUT2D eigenvalue weighted by Crippen LogP contribution is 2.11. The third-order valence-corrected chi connectivity index (χ3v) is 3.36. The van der Waals surface area contributed by atoms with Crippen molar-refractivity contribution in [3.8, 4) is 5.75 Å². The van der Waals surface area contributed by atoms with Gasteiger partial charge in [0.05, 0.1) is 6.54 Å². The highest BCUT2D eigenvalue weighted by Gasteiger charge is 1.99. The van der Waals surface area contributed by atoms with Gasteiger partial charge < -0.3 is 15.4 Å². The van der Waals surface area contributed by atoms with Crippen molar-refractivity contribution in [2.45, 2.75) is 20.3 Å². The standard InChI is InChI=1S/C19H26N4O/c1-3-20-19(22-12-10-17-8-4-5-11-21-17)23-13-14-24-18-9-6-7-16(2)15-18/h4-9,11,15H,3,10,12-14H2,1-2H3,(H2,20,22,23). The van der Waals surface area contributed by atoms with Crippen LogP contribution in [0.5, 0.6) is 5.75 Å². The van der Waals surface area contributed by atoms with Crippen LogP contribution in [0.1, 0.15) is 18.2 Å². The first-order chi connectivity index (χ1) is 11.8. The maximum absolute atomic E-state index is 5.73. The SMILES string of the molecule is CCNC(=NCCc1ccccn1)NCCOc1cccc(C)c1. The molecule has 0 radical (unpaired) electrons. The Labute approximate surface area is 144 Å². The van der Waals surface area contributed by atoms with Crippen molar-refractivity contribution < 1.29 is 4.74 Å². The number of aliphatic imine (C=N–C) groups is 1. The Morgan fingerprint density at radius 2 is 2.08 bits per heavy atom. The highest BCUT2D eigenvalue weighted by atomic mass is 16.5. The van der Waals surface area contributed by atoms with Crippen molar-refractivity contribution in [3.63, 3.8) is 0 Å². The summed E-state index contributed by atoms with van der Waals surface area (Å²) in [7, 11) is 0. The highest BCUT2D eigenvalue weighted by molar-refractivity contribution is 5.79. The lowest BCUT2D eigenvalue weighted by atomic mass is 10.2. The van der Waals surface area contributed by atoms with Crippen molar-refractivity contribution >= 4 is 5.96 Å². The number of benzene rings is 1. The minimum absolute atomic E-state index is 0.591. The zero-order valence-corrected chi connectivity index (χ0v) is 14.5. The lowest BCUT2D eigenvalue weighted by molar-refractivity contribution is 0.321. The topological polar surface area (TPSA) is 58.5 Å². The van der Waals surface area contributed by atoms with E-state index in [0.29, 0.717) is 19.7 Å². The number of aromatic nitrogens is 1. The number of ether oxygens (including phenoxy) is 1. The first kappa shape index (κ1) is 17.8. The van der Waals surface area contributed by atoms with Crippen molar-refractivity contribution in [3.05, 3.63) is 59.9 Å². The first-order valence-corrected chi connectivity index (χ1v) is 8.39. The number of guanidine groups is 1. The monoisotopic (exact) mass is 326 g/mol. The second-order valence-corrected chi connectivity index (χ2v) is 5.42. The van der Waals surface area contributed by atoms with Crippen LogP contribution in [0.2, 0.25) is 0 Å². The average Bonchev–Trinajstić information content (AvgIpc) is 2.60. The van der Waals surface area contributed by atoms with Crippen LogP contribution >= 0.6 is 0 Å². The third kappa shape index (κ3) is 6.69. The summed E-state index contributed by atoms with van der Waals surface area (Å²) in [5.74, 6) is 1.70. The Hall–Kier alpha value is -2.56. The van der Waals surface area contributed by atoms with E-state index < -0.39 is 0 Å². The number of hydrogen-bond acceptors (Lipinski definition) is 3. The molecule has 0 aliphatic heterocycles. The Morgan fingerprint density at radius 1 is 1.17 bits per heavy atom. The second kappa shape index (κ2) is 10.3. The van der Waals surface area contributed by atoms with Gasteiger partial charge in [-0.25, -0.2) is 0 Å². The van der Waals surface area contributed by atoms with Gasteiger partial charge >= 0.3 is 0 Å². The first-order valence-electron chi connectivity index (χ1n) is 8.39. The van der Waals surface area contributed by atoms with E-state index in [1.807, 2.05) is 42.6 Å². The van der Waals surface area contributed by atoms with Gasteiger partial charge in [0, 0.05) is 31.4 Å². The molecule has 0 saturated carbocycles. The van der Waals surface area contributed by atoms with E-state index in [1.54, 1.807) is 0 Å². The zero-order valence-electron chi connectivity index (χ0n) is 14.5. The predicted molar refractivity (Wildman–Crippen MR) is 98.6 cm³/mol. The van der Waals surface area contributed by atoms with E-state index >= 15 is 0 Å². The Bertz CT molecular complexity index is 628. The van der Waals surface area contributed by atoms with Crippen LogP contribution in [0.3, 0.4) is 0 Å². The lowest BCUT2D eigenvalue weighted by Gasteiger charge is -2.12. The van der Waals surface area contributed by atoms with Crippen molar-refractivity contribution in [2.75, 3.05) is 26.2 Å². The molecule has 2 N–H and O–H groups in total. The van der Waals surface area contributed by atoms with E-state index in [1.165, 1.54) is 5.56 Å². The molecule has 5 heteroatoms. The molecule has 0 bridgehead atoms. The van der Waals surface area contributed by atoms with Crippen molar-refractivity contribution in [1.82, 2.24) is 15.6 Å². The van der Waals surface area contributed by atoms with Gasteiger partial charge in [0.25, 0.3) is 0 Å². The van der Waals surface area contributed by atoms with Gasteiger partial charge in [0.2, 0.25) is 0 Å². The number of nitrogens with one attached hydrogen (secondary N) is 2. The Morgan fingerprint density at radius 3 is 2.83 bits per heavy atom. The normalized spacial score (nSPS) is 11.2. The Kier molecular flexibility index (Phi) is 7.60. The third-order valence-electron chi connectivity index (χ3n) is 3.36. The number of nitrogens with zero attached hydrogens (tertiary/aromatic N) is 2. The summed E-state index contributed by atoms with van der Waals surface area (Å²) in [6.45, 7) is 6.93. The summed E-state index contributed by atoms with van der Waals surface area (Å²) >= 11 is 0. The molecule has 0 unspecified atom stereocenters. The molecule has 1 aromatic carbocycles. The molecule has 2 aromatic rings. The molecule has 5 nitrogen and oxygen atoms in total. The van der Waals surface area contributed by atoms with Gasteiger partial charge in [-0.2, -0.15) is 0 Å². The van der Waals surface area contributed by atoms with Gasteiger partial charge in [-0.1, -0.05) is 18.2 Å². The zero-order chi connectivity index (χ0) is 17.0. The summed E-state index contributed by atoms with van der Waals surface area (Å²) < 4.78 is 5.73. The summed E-state index contributed by atoms with van der Waals surface area (Å²) in [6.07, 6.45) is 2.64. The van der Waals surface area contributed by atoms with Crippen LogP contribution < -0.4 is 15.4 Å². The van der Waals surface area contributed by atoms with E-state index in [2.05, 4.69) is 40.5 Å². The molecule has 0 spiro atoms. The van der Waals surface area contributed by atoms with Gasteiger partial charge in [-0.3, -0.25) is 9.98 Å². The molecule has 1 aromatic heterocycles. The molecule has 1 heterocycles. The largest absolute Gasteiger partial charge is 0.492 e. The van der Waals surface area contributed by atoms with Crippen LogP contribution in [-0.2, 0) is 6.42 Å². The van der Waals surface area contributed by atoms with Crippen LogP contribution in [0, 0.1) is 6.92 Å². The fourth-order valence-electron chi connectivity index (χ4n) is 2.21. The average molecular weight is 326 g/mol. The molecular weight excluding hydrogens is 300 g/mol. The molecule has 0 fully saturated rings. The summed E-state index contributed by atoms with van der Waals surface area (Å²) in [6, 6.07) is 14.0. The molecular formula is C19H26N4O. The van der Waals surface area contributed by atoms with Crippen LogP contribution in [-0.4, -0.2) is 37.2 Å². The minimum Gasteiger partial charge on any atom is -0.492 e. The van der Waals surface area contributed by atoms with Crippen LogP contribution in [0.4, 0.5) is 0 Å². The van der Waals surface area contributed by atoms with Gasteiger partial charge in [-0.05, 0) is 43.7 Å². The maximum Gasteiger partial charge on any atom is 0.191 e. The molecule has 0 saturated heterocycles. The number of hydrogen-bond donors (Lipinski definition) is 2.